The Balaban J connectivity index is 3.38. The van der Waals surface area contributed by atoms with Crippen LogP contribution in [-0.4, -0.2) is 32.2 Å². The van der Waals surface area contributed by atoms with E-state index in [9.17, 15) is 4.79 Å². The summed E-state index contributed by atoms with van der Waals surface area (Å²) < 4.78 is 4.86. The fraction of sp³-hybridized carbons (Fsp3) is 0.875. The topological polar surface area (TPSA) is 64.3 Å². The molecule has 0 saturated carbocycles. The predicted molar refractivity (Wildman–Crippen MR) is 47.8 cm³/mol. The van der Waals surface area contributed by atoms with Crippen LogP contribution in [0.5, 0.6) is 0 Å². The molecule has 4 nitrogen and oxygen atoms in total. The maximum Gasteiger partial charge on any atom is 0.234 e. The number of nitrogens with two attached hydrogens (primary N) is 1. The summed E-state index contributed by atoms with van der Waals surface area (Å²) in [5.41, 5.74) is 5.13. The minimum Gasteiger partial charge on any atom is -0.385 e. The summed E-state index contributed by atoms with van der Waals surface area (Å²) in [7, 11) is 1.66. The second-order valence-corrected chi connectivity index (χ2v) is 2.66. The maximum atomic E-state index is 10.7. The van der Waals surface area contributed by atoms with Crippen molar-refractivity contribution in [3.8, 4) is 0 Å². The number of primary amides is 1. The number of hydrogen-bond donors (Lipinski definition) is 2. The average molecular weight is 174 g/mol. The Labute approximate surface area is 73.5 Å². The lowest BCUT2D eigenvalue weighted by Crippen LogP contribution is -2.41. The second-order valence-electron chi connectivity index (χ2n) is 2.66. The van der Waals surface area contributed by atoms with E-state index in [2.05, 4.69) is 5.32 Å². The van der Waals surface area contributed by atoms with Gasteiger partial charge in [-0.25, -0.2) is 0 Å². The third-order valence-corrected chi connectivity index (χ3v) is 1.67. The van der Waals surface area contributed by atoms with E-state index in [-0.39, 0.29) is 11.9 Å². The molecule has 0 rings (SSSR count). The Bertz CT molecular complexity index is 128. The number of hydrogen-bond acceptors (Lipinski definition) is 3. The first-order valence-electron chi connectivity index (χ1n) is 4.24. The summed E-state index contributed by atoms with van der Waals surface area (Å²) >= 11 is 0. The van der Waals surface area contributed by atoms with E-state index in [1.165, 1.54) is 0 Å². The van der Waals surface area contributed by atoms with Gasteiger partial charge in [0, 0.05) is 13.7 Å². The van der Waals surface area contributed by atoms with E-state index in [0.29, 0.717) is 6.61 Å². The van der Waals surface area contributed by atoms with Crippen LogP contribution in [0.1, 0.15) is 19.8 Å². The minimum atomic E-state index is -0.282. The summed E-state index contributed by atoms with van der Waals surface area (Å²) in [6, 6.07) is -0.193. The molecule has 0 saturated heterocycles. The predicted octanol–water partition coefficient (Wildman–Crippen LogP) is -0.124. The third-order valence-electron chi connectivity index (χ3n) is 1.67. The normalized spacial score (nSPS) is 12.8. The molecular weight excluding hydrogens is 156 g/mol. The summed E-state index contributed by atoms with van der Waals surface area (Å²) in [6.45, 7) is 3.41. The Kier molecular flexibility index (Phi) is 6.70. The molecule has 1 atom stereocenters. The summed E-state index contributed by atoms with van der Waals surface area (Å²) in [6.07, 6.45) is 1.64. The van der Waals surface area contributed by atoms with E-state index >= 15 is 0 Å². The number of ether oxygens (including phenoxy) is 1. The van der Waals surface area contributed by atoms with Gasteiger partial charge in [-0.2, -0.15) is 0 Å². The summed E-state index contributed by atoms with van der Waals surface area (Å²) in [5, 5.41) is 3.05. The van der Waals surface area contributed by atoms with Crippen molar-refractivity contribution in [3.05, 3.63) is 0 Å². The smallest absolute Gasteiger partial charge is 0.234 e. The van der Waals surface area contributed by atoms with Crippen LogP contribution in [0.15, 0.2) is 0 Å². The summed E-state index contributed by atoms with van der Waals surface area (Å²) in [5.74, 6) is -0.282. The number of carbonyl (C=O) groups excluding carboxylic acids is 1. The lowest BCUT2D eigenvalue weighted by molar-refractivity contribution is -0.120. The minimum absolute atomic E-state index is 0.193. The number of nitrogens with one attached hydrogen (secondary N) is 1. The van der Waals surface area contributed by atoms with Gasteiger partial charge in [0.15, 0.2) is 0 Å². The molecule has 0 bridgehead atoms. The number of carbonyl (C=O) groups is 1. The molecule has 0 aromatic heterocycles. The van der Waals surface area contributed by atoms with E-state index < -0.39 is 0 Å². The van der Waals surface area contributed by atoms with E-state index in [0.717, 1.165) is 19.4 Å². The van der Waals surface area contributed by atoms with Gasteiger partial charge in [-0.3, -0.25) is 4.79 Å². The first-order valence-corrected chi connectivity index (χ1v) is 4.24. The number of amides is 1. The van der Waals surface area contributed by atoms with Crippen molar-refractivity contribution in [2.24, 2.45) is 5.73 Å². The largest absolute Gasteiger partial charge is 0.385 e. The van der Waals surface area contributed by atoms with Gasteiger partial charge in [0.1, 0.15) is 0 Å². The van der Waals surface area contributed by atoms with Gasteiger partial charge in [0.2, 0.25) is 5.91 Å². The van der Waals surface area contributed by atoms with Gasteiger partial charge < -0.3 is 15.8 Å². The van der Waals surface area contributed by atoms with Gasteiger partial charge in [-0.1, -0.05) is 6.92 Å². The molecule has 0 aliphatic carbocycles. The van der Waals surface area contributed by atoms with Crippen molar-refractivity contribution >= 4 is 5.91 Å². The van der Waals surface area contributed by atoms with Gasteiger partial charge in [0.05, 0.1) is 6.04 Å². The standard InChI is InChI=1S/C8H18N2O2/c1-3-7(8(9)11)10-5-4-6-12-2/h7,10H,3-6H2,1-2H3,(H2,9,11). The lowest BCUT2D eigenvalue weighted by atomic mass is 10.2. The van der Waals surface area contributed by atoms with E-state index in [1.807, 2.05) is 6.92 Å². The molecule has 0 aliphatic rings. The van der Waals surface area contributed by atoms with Gasteiger partial charge in [-0.05, 0) is 19.4 Å². The molecule has 0 aromatic rings. The van der Waals surface area contributed by atoms with Gasteiger partial charge >= 0.3 is 0 Å². The summed E-state index contributed by atoms with van der Waals surface area (Å²) in [4.78, 5) is 10.7. The Hall–Kier alpha value is -0.610. The number of methoxy groups -OCH3 is 1. The molecule has 0 heterocycles. The van der Waals surface area contributed by atoms with Crippen molar-refractivity contribution in [2.75, 3.05) is 20.3 Å². The Morgan fingerprint density at radius 3 is 2.75 bits per heavy atom. The van der Waals surface area contributed by atoms with Crippen LogP contribution < -0.4 is 11.1 Å². The fourth-order valence-corrected chi connectivity index (χ4v) is 0.939. The molecule has 0 aromatic carbocycles. The van der Waals surface area contributed by atoms with E-state index in [4.69, 9.17) is 10.5 Å². The van der Waals surface area contributed by atoms with Crippen LogP contribution in [0.2, 0.25) is 0 Å². The molecule has 1 amide bonds. The van der Waals surface area contributed by atoms with Crippen LogP contribution >= 0.6 is 0 Å². The van der Waals surface area contributed by atoms with Crippen LogP contribution in [0.25, 0.3) is 0 Å². The first kappa shape index (κ1) is 11.4. The third kappa shape index (κ3) is 5.09. The van der Waals surface area contributed by atoms with Crippen LogP contribution in [0.3, 0.4) is 0 Å². The zero-order valence-electron chi connectivity index (χ0n) is 7.80. The van der Waals surface area contributed by atoms with Crippen molar-refractivity contribution in [3.63, 3.8) is 0 Å². The van der Waals surface area contributed by atoms with Crippen molar-refractivity contribution in [2.45, 2.75) is 25.8 Å². The van der Waals surface area contributed by atoms with E-state index in [1.54, 1.807) is 7.11 Å². The van der Waals surface area contributed by atoms with Crippen LogP contribution in [0.4, 0.5) is 0 Å². The monoisotopic (exact) mass is 174 g/mol. The zero-order valence-corrected chi connectivity index (χ0v) is 7.80. The number of rotatable bonds is 7. The highest BCUT2D eigenvalue weighted by atomic mass is 16.5. The van der Waals surface area contributed by atoms with Crippen LogP contribution in [0, 0.1) is 0 Å². The molecular formula is C8H18N2O2. The molecule has 0 fully saturated rings. The molecule has 4 heteroatoms. The zero-order chi connectivity index (χ0) is 9.40. The SMILES string of the molecule is CCC(NCCCOC)C(N)=O. The maximum absolute atomic E-state index is 10.7. The van der Waals surface area contributed by atoms with Crippen molar-refractivity contribution in [1.29, 1.82) is 0 Å². The highest BCUT2D eigenvalue weighted by molar-refractivity contribution is 5.79. The first-order chi connectivity index (χ1) is 5.72. The van der Waals surface area contributed by atoms with Crippen LogP contribution in [-0.2, 0) is 9.53 Å². The van der Waals surface area contributed by atoms with Crippen molar-refractivity contribution < 1.29 is 9.53 Å². The van der Waals surface area contributed by atoms with Crippen molar-refractivity contribution in [1.82, 2.24) is 5.32 Å². The molecule has 3 N–H and O–H groups in total. The Morgan fingerprint density at radius 2 is 2.33 bits per heavy atom. The van der Waals surface area contributed by atoms with Gasteiger partial charge in [0.25, 0.3) is 0 Å². The Morgan fingerprint density at radius 1 is 1.67 bits per heavy atom. The second kappa shape index (κ2) is 7.06. The highest BCUT2D eigenvalue weighted by Gasteiger charge is 2.10. The quantitative estimate of drug-likeness (QED) is 0.529. The molecule has 1 unspecified atom stereocenters. The van der Waals surface area contributed by atoms with Gasteiger partial charge in [-0.15, -0.1) is 0 Å². The fourth-order valence-electron chi connectivity index (χ4n) is 0.939. The molecule has 72 valence electrons. The highest BCUT2D eigenvalue weighted by Crippen LogP contribution is 1.89. The molecule has 12 heavy (non-hydrogen) atoms. The lowest BCUT2D eigenvalue weighted by Gasteiger charge is -2.12. The molecule has 0 aliphatic heterocycles. The molecule has 0 radical (unpaired) electrons. The average Bonchev–Trinajstić information content (AvgIpc) is 2.04. The molecule has 0 spiro atoms.